The summed E-state index contributed by atoms with van der Waals surface area (Å²) in [7, 11) is 4.13. The fourth-order valence-electron chi connectivity index (χ4n) is 3.01. The van der Waals surface area contributed by atoms with Crippen LogP contribution in [0.1, 0.15) is 48.7 Å². The van der Waals surface area contributed by atoms with E-state index in [0.717, 1.165) is 0 Å². The molecule has 118 valence electrons. The fraction of sp³-hybridized carbons (Fsp3) is 0.688. The van der Waals surface area contributed by atoms with Gasteiger partial charge in [0.2, 0.25) is 0 Å². The minimum Gasteiger partial charge on any atom is -0.467 e. The number of ether oxygens (including phenoxy) is 1. The normalized spacial score (nSPS) is 22.5. The van der Waals surface area contributed by atoms with E-state index in [2.05, 4.69) is 17.3 Å². The molecular formula is C16H26N2O3. The smallest absolute Gasteiger partial charge is 0.341 e. The molecule has 0 amide bonds. The van der Waals surface area contributed by atoms with Crippen LogP contribution in [0, 0.1) is 0 Å². The molecule has 1 aliphatic carbocycles. The SMILES string of the molecule is CCOC(=O)c1ccoc1CN(C)C1CCC(NC)CC1. The van der Waals surface area contributed by atoms with Gasteiger partial charge in [-0.3, -0.25) is 4.90 Å². The van der Waals surface area contributed by atoms with E-state index in [-0.39, 0.29) is 5.97 Å². The van der Waals surface area contributed by atoms with E-state index < -0.39 is 0 Å². The van der Waals surface area contributed by atoms with Gasteiger partial charge in [0.15, 0.2) is 0 Å². The van der Waals surface area contributed by atoms with Crippen molar-refractivity contribution in [1.82, 2.24) is 10.2 Å². The average molecular weight is 294 g/mol. The van der Waals surface area contributed by atoms with Crippen molar-refractivity contribution in [2.75, 3.05) is 20.7 Å². The number of nitrogens with one attached hydrogen (secondary N) is 1. The number of rotatable bonds is 6. The molecule has 0 atom stereocenters. The van der Waals surface area contributed by atoms with Gasteiger partial charge in [-0.2, -0.15) is 0 Å². The molecule has 0 spiro atoms. The van der Waals surface area contributed by atoms with Gasteiger partial charge in [-0.15, -0.1) is 0 Å². The second kappa shape index (κ2) is 7.61. The van der Waals surface area contributed by atoms with Crippen LogP contribution in [0.3, 0.4) is 0 Å². The summed E-state index contributed by atoms with van der Waals surface area (Å²) in [4.78, 5) is 14.1. The highest BCUT2D eigenvalue weighted by Crippen LogP contribution is 2.24. The monoisotopic (exact) mass is 294 g/mol. The maximum absolute atomic E-state index is 11.9. The maximum Gasteiger partial charge on any atom is 0.341 e. The molecule has 1 heterocycles. The lowest BCUT2D eigenvalue weighted by molar-refractivity contribution is 0.0521. The van der Waals surface area contributed by atoms with E-state index in [1.165, 1.54) is 25.7 Å². The van der Waals surface area contributed by atoms with E-state index in [1.807, 2.05) is 14.0 Å². The lowest BCUT2D eigenvalue weighted by Gasteiger charge is -2.34. The van der Waals surface area contributed by atoms with Crippen molar-refractivity contribution < 1.29 is 13.9 Å². The Bertz CT molecular complexity index is 450. The van der Waals surface area contributed by atoms with Gasteiger partial charge in [0.1, 0.15) is 11.3 Å². The predicted octanol–water partition coefficient (Wildman–Crippen LogP) is 2.42. The van der Waals surface area contributed by atoms with Crippen LogP contribution in [0.25, 0.3) is 0 Å². The third-order valence-corrected chi connectivity index (χ3v) is 4.36. The quantitative estimate of drug-likeness (QED) is 0.817. The van der Waals surface area contributed by atoms with Crippen LogP contribution in [-0.2, 0) is 11.3 Å². The molecule has 0 bridgehead atoms. The summed E-state index contributed by atoms with van der Waals surface area (Å²) in [5.74, 6) is 0.403. The average Bonchev–Trinajstić information content (AvgIpc) is 2.95. The molecule has 5 nitrogen and oxygen atoms in total. The summed E-state index contributed by atoms with van der Waals surface area (Å²) in [6.07, 6.45) is 6.32. The van der Waals surface area contributed by atoms with E-state index in [9.17, 15) is 4.79 Å². The summed E-state index contributed by atoms with van der Waals surface area (Å²) in [5.41, 5.74) is 0.549. The summed E-state index contributed by atoms with van der Waals surface area (Å²) >= 11 is 0. The van der Waals surface area contributed by atoms with Crippen molar-refractivity contribution >= 4 is 5.97 Å². The molecule has 1 fully saturated rings. The van der Waals surface area contributed by atoms with Crippen molar-refractivity contribution in [3.8, 4) is 0 Å². The van der Waals surface area contributed by atoms with Gasteiger partial charge in [0.25, 0.3) is 0 Å². The van der Waals surface area contributed by atoms with Gasteiger partial charge in [0.05, 0.1) is 19.4 Å². The molecule has 0 aromatic carbocycles. The summed E-state index contributed by atoms with van der Waals surface area (Å²) in [6, 6.07) is 2.89. The second-order valence-corrected chi connectivity index (χ2v) is 5.69. The molecule has 1 N–H and O–H groups in total. The number of hydrogen-bond acceptors (Lipinski definition) is 5. The van der Waals surface area contributed by atoms with E-state index >= 15 is 0 Å². The lowest BCUT2D eigenvalue weighted by Crippen LogP contribution is -2.39. The van der Waals surface area contributed by atoms with Crippen LogP contribution < -0.4 is 5.32 Å². The van der Waals surface area contributed by atoms with Gasteiger partial charge >= 0.3 is 5.97 Å². The zero-order valence-corrected chi connectivity index (χ0v) is 13.2. The number of nitrogens with zero attached hydrogens (tertiary/aromatic N) is 1. The molecule has 0 saturated heterocycles. The van der Waals surface area contributed by atoms with E-state index in [0.29, 0.717) is 36.6 Å². The molecule has 1 saturated carbocycles. The Morgan fingerprint density at radius 3 is 2.76 bits per heavy atom. The Morgan fingerprint density at radius 1 is 1.43 bits per heavy atom. The first-order valence-electron chi connectivity index (χ1n) is 7.76. The molecule has 0 unspecified atom stereocenters. The highest BCUT2D eigenvalue weighted by Gasteiger charge is 2.25. The van der Waals surface area contributed by atoms with E-state index in [4.69, 9.17) is 9.15 Å². The van der Waals surface area contributed by atoms with Crippen molar-refractivity contribution in [2.45, 2.75) is 51.2 Å². The number of carbonyl (C=O) groups excluding carboxylic acids is 1. The molecule has 1 aliphatic rings. The summed E-state index contributed by atoms with van der Waals surface area (Å²) in [6.45, 7) is 2.84. The minimum absolute atomic E-state index is 0.298. The van der Waals surface area contributed by atoms with Crippen molar-refractivity contribution in [3.63, 3.8) is 0 Å². The van der Waals surface area contributed by atoms with Crippen LogP contribution in [0.15, 0.2) is 16.7 Å². The second-order valence-electron chi connectivity index (χ2n) is 5.69. The zero-order valence-electron chi connectivity index (χ0n) is 13.2. The number of carbonyl (C=O) groups is 1. The topological polar surface area (TPSA) is 54.7 Å². The van der Waals surface area contributed by atoms with Crippen LogP contribution >= 0.6 is 0 Å². The first-order chi connectivity index (χ1) is 10.2. The third-order valence-electron chi connectivity index (χ3n) is 4.36. The molecule has 0 radical (unpaired) electrons. The Balaban J connectivity index is 1.93. The van der Waals surface area contributed by atoms with Gasteiger partial charge in [0, 0.05) is 12.1 Å². The van der Waals surface area contributed by atoms with Crippen molar-refractivity contribution in [2.24, 2.45) is 0 Å². The minimum atomic E-state index is -0.298. The molecule has 1 aromatic rings. The molecule has 2 rings (SSSR count). The van der Waals surface area contributed by atoms with Crippen LogP contribution in [-0.4, -0.2) is 43.7 Å². The standard InChI is InChI=1S/C16H26N2O3/c1-4-20-16(19)14-9-10-21-15(14)11-18(3)13-7-5-12(17-2)6-8-13/h9-10,12-13,17H,4-8,11H2,1-3H3. The number of esters is 1. The fourth-order valence-corrected chi connectivity index (χ4v) is 3.01. The van der Waals surface area contributed by atoms with Gasteiger partial charge in [-0.25, -0.2) is 4.79 Å². The summed E-state index contributed by atoms with van der Waals surface area (Å²) < 4.78 is 10.5. The number of hydrogen-bond donors (Lipinski definition) is 1. The molecule has 5 heteroatoms. The lowest BCUT2D eigenvalue weighted by atomic mass is 9.90. The van der Waals surface area contributed by atoms with Crippen LogP contribution in [0.2, 0.25) is 0 Å². The highest BCUT2D eigenvalue weighted by molar-refractivity contribution is 5.90. The van der Waals surface area contributed by atoms with Crippen molar-refractivity contribution in [1.29, 1.82) is 0 Å². The Hall–Kier alpha value is -1.33. The Morgan fingerprint density at radius 2 is 2.14 bits per heavy atom. The summed E-state index contributed by atoms with van der Waals surface area (Å²) in [5, 5.41) is 3.35. The molecule has 1 aromatic heterocycles. The van der Waals surface area contributed by atoms with Gasteiger partial charge in [-0.05, 0) is 52.8 Å². The van der Waals surface area contributed by atoms with Crippen LogP contribution in [0.4, 0.5) is 0 Å². The first-order valence-corrected chi connectivity index (χ1v) is 7.76. The zero-order chi connectivity index (χ0) is 15.2. The highest BCUT2D eigenvalue weighted by atomic mass is 16.5. The Labute approximate surface area is 126 Å². The third kappa shape index (κ3) is 4.08. The molecule has 0 aliphatic heterocycles. The molecule has 21 heavy (non-hydrogen) atoms. The molecular weight excluding hydrogens is 268 g/mol. The maximum atomic E-state index is 11.9. The largest absolute Gasteiger partial charge is 0.467 e. The predicted molar refractivity (Wildman–Crippen MR) is 81.2 cm³/mol. The van der Waals surface area contributed by atoms with E-state index in [1.54, 1.807) is 12.3 Å². The number of furan rings is 1. The van der Waals surface area contributed by atoms with Crippen molar-refractivity contribution in [3.05, 3.63) is 23.7 Å². The Kier molecular flexibility index (Phi) is 5.82. The first kappa shape index (κ1) is 16.0. The van der Waals surface area contributed by atoms with Crippen LogP contribution in [0.5, 0.6) is 0 Å². The van der Waals surface area contributed by atoms with Gasteiger partial charge in [-0.1, -0.05) is 0 Å². The van der Waals surface area contributed by atoms with Gasteiger partial charge < -0.3 is 14.5 Å².